The Kier molecular flexibility index (Phi) is 6.07. The number of nitrogens with one attached hydrogen (secondary N) is 2. The number of amides is 1. The molecule has 1 amide bonds. The van der Waals surface area contributed by atoms with Gasteiger partial charge in [0.1, 0.15) is 0 Å². The van der Waals surface area contributed by atoms with Crippen molar-refractivity contribution in [3.8, 4) is 0 Å². The number of carbonyl (C=O) groups excluding carboxylic acids is 1. The molecule has 1 heterocycles. The summed E-state index contributed by atoms with van der Waals surface area (Å²) in [5, 5.41) is 6.36. The molecule has 0 radical (unpaired) electrons. The van der Waals surface area contributed by atoms with E-state index in [0.29, 0.717) is 32.4 Å². The number of carbonyl (C=O) groups is 1. The Hall–Kier alpha value is -0.650. The number of hydrogen-bond acceptors (Lipinski definition) is 4. The van der Waals surface area contributed by atoms with E-state index < -0.39 is 0 Å². The van der Waals surface area contributed by atoms with Crippen LogP contribution < -0.4 is 10.6 Å². The lowest BCUT2D eigenvalue weighted by molar-refractivity contribution is -0.124. The van der Waals surface area contributed by atoms with Crippen molar-refractivity contribution in [2.75, 3.05) is 26.4 Å². The third kappa shape index (κ3) is 5.09. The molecule has 2 aliphatic rings. The molecule has 1 aliphatic carbocycles. The standard InChI is InChI=1S/C14H26N2O3/c1-11(15-9-13-10-18-7-8-19-13)14(17)16-12-5-3-2-4-6-12/h11-13,15H,2-10H2,1H3,(H,16,17). The van der Waals surface area contributed by atoms with Crippen molar-refractivity contribution in [3.05, 3.63) is 0 Å². The summed E-state index contributed by atoms with van der Waals surface area (Å²) in [6.07, 6.45) is 6.09. The molecule has 1 saturated carbocycles. The van der Waals surface area contributed by atoms with Gasteiger partial charge in [-0.2, -0.15) is 0 Å². The van der Waals surface area contributed by atoms with Crippen LogP contribution in [0.15, 0.2) is 0 Å². The summed E-state index contributed by atoms with van der Waals surface area (Å²) in [7, 11) is 0. The third-order valence-electron chi connectivity index (χ3n) is 3.88. The van der Waals surface area contributed by atoms with E-state index in [1.807, 2.05) is 6.92 Å². The SMILES string of the molecule is CC(NCC1COCCO1)C(=O)NC1CCCCC1. The van der Waals surface area contributed by atoms with Gasteiger partial charge < -0.3 is 20.1 Å². The first kappa shape index (κ1) is 14.8. The quantitative estimate of drug-likeness (QED) is 0.777. The molecule has 0 aromatic rings. The van der Waals surface area contributed by atoms with Crippen LogP contribution in [0.5, 0.6) is 0 Å². The maximum absolute atomic E-state index is 12.0. The predicted molar refractivity (Wildman–Crippen MR) is 73.0 cm³/mol. The average Bonchev–Trinajstić information content (AvgIpc) is 2.47. The molecular weight excluding hydrogens is 244 g/mol. The lowest BCUT2D eigenvalue weighted by Gasteiger charge is -2.27. The fourth-order valence-corrected chi connectivity index (χ4v) is 2.63. The van der Waals surface area contributed by atoms with Crippen LogP contribution in [0.1, 0.15) is 39.0 Å². The van der Waals surface area contributed by atoms with Gasteiger partial charge in [-0.1, -0.05) is 19.3 Å². The number of ether oxygens (including phenoxy) is 2. The molecule has 1 aliphatic heterocycles. The smallest absolute Gasteiger partial charge is 0.237 e. The first-order valence-corrected chi connectivity index (χ1v) is 7.49. The molecule has 0 aromatic heterocycles. The summed E-state index contributed by atoms with van der Waals surface area (Å²) < 4.78 is 10.9. The second-order valence-electron chi connectivity index (χ2n) is 5.54. The van der Waals surface area contributed by atoms with Crippen LogP contribution in [-0.2, 0) is 14.3 Å². The zero-order valence-corrected chi connectivity index (χ0v) is 11.8. The van der Waals surface area contributed by atoms with Crippen molar-refractivity contribution in [1.29, 1.82) is 0 Å². The van der Waals surface area contributed by atoms with Gasteiger partial charge in [0.25, 0.3) is 0 Å². The Balaban J connectivity index is 1.63. The first-order valence-electron chi connectivity index (χ1n) is 7.49. The first-order chi connectivity index (χ1) is 9.25. The van der Waals surface area contributed by atoms with Gasteiger partial charge in [-0.25, -0.2) is 0 Å². The minimum absolute atomic E-state index is 0.0682. The fraction of sp³-hybridized carbons (Fsp3) is 0.929. The normalized spacial score (nSPS) is 26.9. The molecule has 5 heteroatoms. The van der Waals surface area contributed by atoms with E-state index in [2.05, 4.69) is 10.6 Å². The van der Waals surface area contributed by atoms with E-state index in [-0.39, 0.29) is 18.1 Å². The zero-order valence-electron chi connectivity index (χ0n) is 11.8. The van der Waals surface area contributed by atoms with E-state index in [4.69, 9.17) is 9.47 Å². The van der Waals surface area contributed by atoms with E-state index in [1.54, 1.807) is 0 Å². The predicted octanol–water partition coefficient (Wildman–Crippen LogP) is 0.829. The van der Waals surface area contributed by atoms with E-state index >= 15 is 0 Å². The second kappa shape index (κ2) is 7.82. The highest BCUT2D eigenvalue weighted by molar-refractivity contribution is 5.81. The van der Waals surface area contributed by atoms with Gasteiger partial charge in [0, 0.05) is 12.6 Å². The van der Waals surface area contributed by atoms with Crippen molar-refractivity contribution >= 4 is 5.91 Å². The van der Waals surface area contributed by atoms with Crippen molar-refractivity contribution in [2.45, 2.75) is 57.2 Å². The van der Waals surface area contributed by atoms with Crippen molar-refractivity contribution < 1.29 is 14.3 Å². The van der Waals surface area contributed by atoms with Crippen LogP contribution in [0.3, 0.4) is 0 Å². The lowest BCUT2D eigenvalue weighted by atomic mass is 9.95. The molecule has 19 heavy (non-hydrogen) atoms. The molecule has 0 spiro atoms. The minimum atomic E-state index is -0.174. The Morgan fingerprint density at radius 1 is 1.26 bits per heavy atom. The largest absolute Gasteiger partial charge is 0.376 e. The van der Waals surface area contributed by atoms with Crippen LogP contribution in [0.4, 0.5) is 0 Å². The van der Waals surface area contributed by atoms with Crippen LogP contribution in [-0.4, -0.2) is 50.5 Å². The van der Waals surface area contributed by atoms with Crippen LogP contribution in [0, 0.1) is 0 Å². The Morgan fingerprint density at radius 2 is 2.05 bits per heavy atom. The molecule has 2 rings (SSSR count). The highest BCUT2D eigenvalue weighted by atomic mass is 16.6. The molecular formula is C14H26N2O3. The minimum Gasteiger partial charge on any atom is -0.376 e. The zero-order chi connectivity index (χ0) is 13.5. The van der Waals surface area contributed by atoms with Crippen LogP contribution in [0.25, 0.3) is 0 Å². The van der Waals surface area contributed by atoms with Gasteiger partial charge in [0.15, 0.2) is 0 Å². The van der Waals surface area contributed by atoms with Gasteiger partial charge in [0.05, 0.1) is 32.0 Å². The fourth-order valence-electron chi connectivity index (χ4n) is 2.63. The number of hydrogen-bond donors (Lipinski definition) is 2. The van der Waals surface area contributed by atoms with E-state index in [1.165, 1.54) is 19.3 Å². The Bertz CT molecular complexity index is 274. The summed E-state index contributed by atoms with van der Waals surface area (Å²) in [4.78, 5) is 12.0. The molecule has 110 valence electrons. The summed E-state index contributed by atoms with van der Waals surface area (Å²) in [6.45, 7) is 4.51. The maximum atomic E-state index is 12.0. The molecule has 5 nitrogen and oxygen atoms in total. The number of rotatable bonds is 5. The van der Waals surface area contributed by atoms with Crippen molar-refractivity contribution in [1.82, 2.24) is 10.6 Å². The summed E-state index contributed by atoms with van der Waals surface area (Å²) in [6, 6.07) is 0.201. The summed E-state index contributed by atoms with van der Waals surface area (Å²) in [5.74, 6) is 0.101. The third-order valence-corrected chi connectivity index (χ3v) is 3.88. The topological polar surface area (TPSA) is 59.6 Å². The highest BCUT2D eigenvalue weighted by Gasteiger charge is 2.21. The molecule has 2 fully saturated rings. The van der Waals surface area contributed by atoms with Crippen molar-refractivity contribution in [3.63, 3.8) is 0 Å². The summed E-state index contributed by atoms with van der Waals surface area (Å²) in [5.41, 5.74) is 0. The van der Waals surface area contributed by atoms with Gasteiger partial charge in [-0.15, -0.1) is 0 Å². The summed E-state index contributed by atoms with van der Waals surface area (Å²) >= 11 is 0. The second-order valence-corrected chi connectivity index (χ2v) is 5.54. The molecule has 2 N–H and O–H groups in total. The van der Waals surface area contributed by atoms with Gasteiger partial charge in [-0.3, -0.25) is 4.79 Å². The monoisotopic (exact) mass is 270 g/mol. The van der Waals surface area contributed by atoms with E-state index in [0.717, 1.165) is 12.8 Å². The van der Waals surface area contributed by atoms with Crippen LogP contribution in [0.2, 0.25) is 0 Å². The van der Waals surface area contributed by atoms with E-state index in [9.17, 15) is 4.79 Å². The highest BCUT2D eigenvalue weighted by Crippen LogP contribution is 2.17. The van der Waals surface area contributed by atoms with Gasteiger partial charge in [-0.05, 0) is 19.8 Å². The van der Waals surface area contributed by atoms with Crippen molar-refractivity contribution in [2.24, 2.45) is 0 Å². The van der Waals surface area contributed by atoms with Crippen LogP contribution >= 0.6 is 0 Å². The van der Waals surface area contributed by atoms with Gasteiger partial charge in [0.2, 0.25) is 5.91 Å². The lowest BCUT2D eigenvalue weighted by Crippen LogP contribution is -2.49. The average molecular weight is 270 g/mol. The van der Waals surface area contributed by atoms with Gasteiger partial charge >= 0.3 is 0 Å². The molecule has 2 atom stereocenters. The molecule has 1 saturated heterocycles. The molecule has 2 unspecified atom stereocenters. The Labute approximate surface area is 115 Å². The molecule has 0 bridgehead atoms. The Morgan fingerprint density at radius 3 is 2.74 bits per heavy atom. The molecule has 0 aromatic carbocycles. The maximum Gasteiger partial charge on any atom is 0.237 e.